The van der Waals surface area contributed by atoms with Gasteiger partial charge in [-0.15, -0.1) is 11.3 Å². The molecule has 0 bridgehead atoms. The van der Waals surface area contributed by atoms with E-state index < -0.39 is 0 Å². The first-order valence-corrected chi connectivity index (χ1v) is 10.5. The molecule has 2 aromatic carbocycles. The Morgan fingerprint density at radius 2 is 1.86 bits per heavy atom. The van der Waals surface area contributed by atoms with Gasteiger partial charge in [-0.25, -0.2) is 4.98 Å². The van der Waals surface area contributed by atoms with Crippen LogP contribution in [0.5, 0.6) is 0 Å². The molecule has 7 heteroatoms. The Morgan fingerprint density at radius 1 is 1.10 bits per heavy atom. The zero-order valence-electron chi connectivity index (χ0n) is 16.1. The Balaban J connectivity index is 1.48. The number of rotatable bonds is 4. The lowest BCUT2D eigenvalue weighted by Crippen LogP contribution is -2.20. The monoisotopic (exact) mass is 425 g/mol. The molecule has 5 nitrogen and oxygen atoms in total. The SMILES string of the molecule is Cc1ccc(C)c(NC(=O)C2CCc3sc(NC(=O)c4ccc(Cl)cc4)nc32)c1. The van der Waals surface area contributed by atoms with Crippen molar-refractivity contribution in [3.05, 3.63) is 74.7 Å². The molecule has 148 valence electrons. The molecule has 0 spiro atoms. The summed E-state index contributed by atoms with van der Waals surface area (Å²) in [5, 5.41) is 6.96. The molecular weight excluding hydrogens is 406 g/mol. The van der Waals surface area contributed by atoms with Crippen molar-refractivity contribution in [1.82, 2.24) is 4.98 Å². The average Bonchev–Trinajstić information content (AvgIpc) is 3.25. The lowest BCUT2D eigenvalue weighted by molar-refractivity contribution is -0.117. The van der Waals surface area contributed by atoms with Gasteiger partial charge in [-0.2, -0.15) is 0 Å². The number of hydrogen-bond acceptors (Lipinski definition) is 4. The topological polar surface area (TPSA) is 71.1 Å². The molecule has 1 aliphatic rings. The van der Waals surface area contributed by atoms with Crippen LogP contribution < -0.4 is 10.6 Å². The second kappa shape index (κ2) is 7.97. The fourth-order valence-corrected chi connectivity index (χ4v) is 4.56. The maximum atomic E-state index is 12.9. The smallest absolute Gasteiger partial charge is 0.257 e. The summed E-state index contributed by atoms with van der Waals surface area (Å²) in [6.45, 7) is 3.97. The maximum absolute atomic E-state index is 12.9. The minimum absolute atomic E-state index is 0.0571. The average molecular weight is 426 g/mol. The summed E-state index contributed by atoms with van der Waals surface area (Å²) >= 11 is 7.30. The molecule has 4 rings (SSSR count). The van der Waals surface area contributed by atoms with Crippen LogP contribution in [-0.4, -0.2) is 16.8 Å². The second-order valence-corrected chi connectivity index (χ2v) is 8.71. The Kier molecular flexibility index (Phi) is 5.39. The van der Waals surface area contributed by atoms with E-state index in [-0.39, 0.29) is 17.7 Å². The van der Waals surface area contributed by atoms with Crippen LogP contribution in [0.1, 0.15) is 44.4 Å². The van der Waals surface area contributed by atoms with E-state index in [1.807, 2.05) is 32.0 Å². The number of amides is 2. The highest BCUT2D eigenvalue weighted by molar-refractivity contribution is 7.16. The molecule has 0 radical (unpaired) electrons. The van der Waals surface area contributed by atoms with Gasteiger partial charge in [0.2, 0.25) is 5.91 Å². The van der Waals surface area contributed by atoms with Crippen molar-refractivity contribution in [1.29, 1.82) is 0 Å². The molecule has 0 saturated carbocycles. The maximum Gasteiger partial charge on any atom is 0.257 e. The largest absolute Gasteiger partial charge is 0.325 e. The van der Waals surface area contributed by atoms with E-state index >= 15 is 0 Å². The van der Waals surface area contributed by atoms with Gasteiger partial charge in [0.1, 0.15) is 0 Å². The molecule has 1 aromatic heterocycles. The minimum atomic E-state index is -0.303. The molecule has 29 heavy (non-hydrogen) atoms. The number of aromatic nitrogens is 1. The van der Waals surface area contributed by atoms with Crippen LogP contribution in [0.4, 0.5) is 10.8 Å². The van der Waals surface area contributed by atoms with E-state index in [0.29, 0.717) is 15.7 Å². The van der Waals surface area contributed by atoms with Crippen LogP contribution in [0, 0.1) is 13.8 Å². The first kappa shape index (κ1) is 19.6. The molecule has 3 aromatic rings. The standard InChI is InChI=1S/C22H20ClN3O2S/c1-12-3-4-13(2)17(11-12)24-21(28)16-9-10-18-19(16)25-22(29-18)26-20(27)14-5-7-15(23)8-6-14/h3-8,11,16H,9-10H2,1-2H3,(H,24,28)(H,25,26,27). The van der Waals surface area contributed by atoms with Gasteiger partial charge in [-0.1, -0.05) is 23.7 Å². The number of nitrogens with one attached hydrogen (secondary N) is 2. The summed E-state index contributed by atoms with van der Waals surface area (Å²) in [6.07, 6.45) is 1.52. The second-order valence-electron chi connectivity index (χ2n) is 7.19. The van der Waals surface area contributed by atoms with Gasteiger partial charge >= 0.3 is 0 Å². The van der Waals surface area contributed by atoms with Crippen LogP contribution >= 0.6 is 22.9 Å². The number of nitrogens with zero attached hydrogens (tertiary/aromatic N) is 1. The number of benzene rings is 2. The summed E-state index contributed by atoms with van der Waals surface area (Å²) in [6, 6.07) is 12.7. The fraction of sp³-hybridized carbons (Fsp3) is 0.227. The van der Waals surface area contributed by atoms with Gasteiger partial charge < -0.3 is 5.32 Å². The summed E-state index contributed by atoms with van der Waals surface area (Å²) < 4.78 is 0. The minimum Gasteiger partial charge on any atom is -0.325 e. The third kappa shape index (κ3) is 4.18. The van der Waals surface area contributed by atoms with E-state index in [2.05, 4.69) is 15.6 Å². The Morgan fingerprint density at radius 3 is 2.62 bits per heavy atom. The van der Waals surface area contributed by atoms with Crippen molar-refractivity contribution < 1.29 is 9.59 Å². The van der Waals surface area contributed by atoms with Crippen LogP contribution in [0.3, 0.4) is 0 Å². The van der Waals surface area contributed by atoms with Crippen LogP contribution in [-0.2, 0) is 11.2 Å². The zero-order chi connectivity index (χ0) is 20.5. The number of halogens is 1. The van der Waals surface area contributed by atoms with Crippen molar-refractivity contribution in [3.63, 3.8) is 0 Å². The number of carbonyl (C=O) groups excluding carboxylic acids is 2. The quantitative estimate of drug-likeness (QED) is 0.593. The van der Waals surface area contributed by atoms with Crippen molar-refractivity contribution in [2.75, 3.05) is 10.6 Å². The first-order valence-electron chi connectivity index (χ1n) is 9.35. The van der Waals surface area contributed by atoms with Crippen LogP contribution in [0.2, 0.25) is 5.02 Å². The van der Waals surface area contributed by atoms with Gasteiger partial charge in [0.15, 0.2) is 5.13 Å². The van der Waals surface area contributed by atoms with Gasteiger partial charge in [0.05, 0.1) is 11.6 Å². The number of fused-ring (bicyclic) bond motifs is 1. The van der Waals surface area contributed by atoms with Crippen molar-refractivity contribution >= 4 is 45.6 Å². The highest BCUT2D eigenvalue weighted by Crippen LogP contribution is 2.39. The molecule has 1 unspecified atom stereocenters. The lowest BCUT2D eigenvalue weighted by Gasteiger charge is -2.13. The van der Waals surface area contributed by atoms with Crippen LogP contribution in [0.15, 0.2) is 42.5 Å². The Hall–Kier alpha value is -2.70. The third-order valence-electron chi connectivity index (χ3n) is 5.01. The van der Waals surface area contributed by atoms with Gasteiger partial charge in [0, 0.05) is 21.2 Å². The van der Waals surface area contributed by atoms with E-state index in [9.17, 15) is 9.59 Å². The number of hydrogen-bond donors (Lipinski definition) is 2. The van der Waals surface area contributed by atoms with E-state index in [0.717, 1.165) is 40.2 Å². The molecule has 2 amide bonds. The molecular formula is C22H20ClN3O2S. The predicted molar refractivity (Wildman–Crippen MR) is 117 cm³/mol. The third-order valence-corrected chi connectivity index (χ3v) is 6.31. The summed E-state index contributed by atoms with van der Waals surface area (Å²) in [5.41, 5.74) is 4.23. The van der Waals surface area contributed by atoms with E-state index in [4.69, 9.17) is 11.6 Å². The van der Waals surface area contributed by atoms with E-state index in [1.165, 1.54) is 11.3 Å². The highest BCUT2D eigenvalue weighted by atomic mass is 35.5. The lowest BCUT2D eigenvalue weighted by atomic mass is 10.1. The molecule has 1 atom stereocenters. The number of aryl methyl sites for hydroxylation is 3. The molecule has 0 fully saturated rings. The molecule has 1 heterocycles. The Bertz CT molecular complexity index is 1090. The summed E-state index contributed by atoms with van der Waals surface area (Å²) in [5.74, 6) is -0.605. The van der Waals surface area contributed by atoms with E-state index in [1.54, 1.807) is 24.3 Å². The van der Waals surface area contributed by atoms with Crippen molar-refractivity contribution in [2.24, 2.45) is 0 Å². The Labute approximate surface area is 178 Å². The van der Waals surface area contributed by atoms with Gasteiger partial charge in [0.25, 0.3) is 5.91 Å². The number of carbonyl (C=O) groups is 2. The van der Waals surface area contributed by atoms with Crippen LogP contribution in [0.25, 0.3) is 0 Å². The fourth-order valence-electron chi connectivity index (χ4n) is 3.40. The van der Waals surface area contributed by atoms with Gasteiger partial charge in [-0.05, 0) is 68.1 Å². The summed E-state index contributed by atoms with van der Waals surface area (Å²) in [4.78, 5) is 30.9. The summed E-state index contributed by atoms with van der Waals surface area (Å²) in [7, 11) is 0. The van der Waals surface area contributed by atoms with Crippen molar-refractivity contribution in [3.8, 4) is 0 Å². The van der Waals surface area contributed by atoms with Gasteiger partial charge in [-0.3, -0.25) is 14.9 Å². The first-order chi connectivity index (χ1) is 13.9. The number of anilines is 2. The number of thiazole rings is 1. The highest BCUT2D eigenvalue weighted by Gasteiger charge is 2.33. The molecule has 1 aliphatic carbocycles. The molecule has 2 N–H and O–H groups in total. The normalized spacial score (nSPS) is 15.1. The zero-order valence-corrected chi connectivity index (χ0v) is 17.7. The van der Waals surface area contributed by atoms with Crippen molar-refractivity contribution in [2.45, 2.75) is 32.6 Å². The molecule has 0 saturated heterocycles. The molecule has 0 aliphatic heterocycles. The predicted octanol–water partition coefficient (Wildman–Crippen LogP) is 5.33.